The largest absolute Gasteiger partial charge is 0.278 e. The minimum absolute atomic E-state index is 0.232. The van der Waals surface area contributed by atoms with Gasteiger partial charge in [0.25, 0.3) is 5.91 Å². The summed E-state index contributed by atoms with van der Waals surface area (Å²) >= 11 is 13.6. The summed E-state index contributed by atoms with van der Waals surface area (Å²) in [7, 11) is 0. The van der Waals surface area contributed by atoms with E-state index in [0.29, 0.717) is 27.3 Å². The van der Waals surface area contributed by atoms with E-state index in [1.165, 1.54) is 11.3 Å². The van der Waals surface area contributed by atoms with E-state index in [-0.39, 0.29) is 5.91 Å². The maximum absolute atomic E-state index is 13.3. The highest BCUT2D eigenvalue weighted by atomic mass is 35.5. The van der Waals surface area contributed by atoms with Crippen molar-refractivity contribution >= 4 is 55.8 Å². The van der Waals surface area contributed by atoms with Gasteiger partial charge < -0.3 is 0 Å². The summed E-state index contributed by atoms with van der Waals surface area (Å²) in [4.78, 5) is 23.9. The molecule has 0 aliphatic carbocycles. The Balaban J connectivity index is 1.78. The summed E-state index contributed by atoms with van der Waals surface area (Å²) in [5.41, 5.74) is 2.02. The zero-order valence-corrected chi connectivity index (χ0v) is 16.3. The van der Waals surface area contributed by atoms with Crippen LogP contribution in [0.2, 0.25) is 10.0 Å². The van der Waals surface area contributed by atoms with E-state index in [0.717, 1.165) is 15.9 Å². The van der Waals surface area contributed by atoms with Gasteiger partial charge in [-0.15, -0.1) is 0 Å². The van der Waals surface area contributed by atoms with Crippen LogP contribution in [0.3, 0.4) is 0 Å². The fourth-order valence-electron chi connectivity index (χ4n) is 2.69. The highest BCUT2D eigenvalue weighted by Gasteiger charge is 2.23. The smallest absolute Gasteiger partial charge is 0.260 e. The first-order valence-electron chi connectivity index (χ1n) is 8.13. The Morgan fingerprint density at radius 3 is 2.44 bits per heavy atom. The summed E-state index contributed by atoms with van der Waals surface area (Å²) in [6.45, 7) is 0.295. The van der Waals surface area contributed by atoms with Crippen LogP contribution in [0.5, 0.6) is 0 Å². The molecule has 27 heavy (non-hydrogen) atoms. The number of hydrogen-bond donors (Lipinski definition) is 0. The maximum atomic E-state index is 13.3. The Labute approximate surface area is 170 Å². The second-order valence-corrected chi connectivity index (χ2v) is 7.72. The minimum Gasteiger partial charge on any atom is -0.278 e. The molecule has 4 rings (SSSR count). The molecule has 4 nitrogen and oxygen atoms in total. The first-order chi connectivity index (χ1) is 13.1. The van der Waals surface area contributed by atoms with Gasteiger partial charge >= 0.3 is 0 Å². The number of aromatic nitrogens is 2. The topological polar surface area (TPSA) is 46.1 Å². The Morgan fingerprint density at radius 1 is 1.00 bits per heavy atom. The van der Waals surface area contributed by atoms with Crippen LogP contribution in [0.4, 0.5) is 5.13 Å². The molecule has 0 radical (unpaired) electrons. The van der Waals surface area contributed by atoms with Gasteiger partial charge in [-0.3, -0.25) is 14.7 Å². The Hall–Kier alpha value is -2.47. The predicted octanol–water partition coefficient (Wildman–Crippen LogP) is 5.85. The van der Waals surface area contributed by atoms with E-state index >= 15 is 0 Å². The molecule has 0 unspecified atom stereocenters. The lowest BCUT2D eigenvalue weighted by molar-refractivity contribution is 0.0985. The lowest BCUT2D eigenvalue weighted by Crippen LogP contribution is -2.30. The van der Waals surface area contributed by atoms with Crippen molar-refractivity contribution in [3.8, 4) is 0 Å². The van der Waals surface area contributed by atoms with E-state index in [1.54, 1.807) is 29.3 Å². The molecule has 0 aliphatic heterocycles. The van der Waals surface area contributed by atoms with Gasteiger partial charge in [-0.1, -0.05) is 52.7 Å². The molecule has 2 aromatic carbocycles. The zero-order chi connectivity index (χ0) is 18.8. The normalized spacial score (nSPS) is 10.9. The maximum Gasteiger partial charge on any atom is 0.260 e. The van der Waals surface area contributed by atoms with Gasteiger partial charge in [0.15, 0.2) is 5.13 Å². The summed E-state index contributed by atoms with van der Waals surface area (Å²) in [5, 5.41) is 1.42. The fourth-order valence-corrected chi connectivity index (χ4v) is 4.18. The number of anilines is 1. The van der Waals surface area contributed by atoms with Gasteiger partial charge in [-0.25, -0.2) is 4.98 Å². The van der Waals surface area contributed by atoms with Gasteiger partial charge in [0.05, 0.1) is 22.5 Å². The number of thiazole rings is 1. The second kappa shape index (κ2) is 7.64. The van der Waals surface area contributed by atoms with Crippen molar-refractivity contribution < 1.29 is 4.79 Å². The van der Waals surface area contributed by atoms with Crippen molar-refractivity contribution in [3.63, 3.8) is 0 Å². The summed E-state index contributed by atoms with van der Waals surface area (Å²) in [6, 6.07) is 18.2. The Bertz CT molecular complexity index is 1060. The van der Waals surface area contributed by atoms with Crippen LogP contribution >= 0.6 is 34.5 Å². The standard InChI is InChI=1S/C20H13Cl2N3OS/c21-14-9-13(10-15(22)11-14)19(26)25(12-16-5-3-4-8-23-16)20-24-17-6-1-2-7-18(17)27-20/h1-11H,12H2. The van der Waals surface area contributed by atoms with E-state index < -0.39 is 0 Å². The molecule has 1 amide bonds. The molecule has 0 atom stereocenters. The number of carbonyl (C=O) groups is 1. The molecule has 134 valence electrons. The number of rotatable bonds is 4. The van der Waals surface area contributed by atoms with Crippen LogP contribution in [0.1, 0.15) is 16.1 Å². The molecule has 4 aromatic rings. The molecule has 7 heteroatoms. The van der Waals surface area contributed by atoms with Crippen LogP contribution in [0, 0.1) is 0 Å². The average molecular weight is 414 g/mol. The number of para-hydroxylation sites is 1. The molecule has 0 bridgehead atoms. The minimum atomic E-state index is -0.232. The van der Waals surface area contributed by atoms with Crippen molar-refractivity contribution in [2.45, 2.75) is 6.54 Å². The second-order valence-electron chi connectivity index (χ2n) is 5.83. The van der Waals surface area contributed by atoms with Crippen molar-refractivity contribution in [2.24, 2.45) is 0 Å². The Kier molecular flexibility index (Phi) is 5.07. The van der Waals surface area contributed by atoms with E-state index in [4.69, 9.17) is 23.2 Å². The molecular weight excluding hydrogens is 401 g/mol. The SMILES string of the molecule is O=C(c1cc(Cl)cc(Cl)c1)N(Cc1ccccn1)c1nc2ccccc2s1. The number of hydrogen-bond acceptors (Lipinski definition) is 4. The van der Waals surface area contributed by atoms with E-state index in [9.17, 15) is 4.79 Å². The number of halogens is 2. The molecule has 0 fully saturated rings. The molecule has 0 aliphatic rings. The molecule has 2 aromatic heterocycles. The third kappa shape index (κ3) is 3.95. The van der Waals surface area contributed by atoms with Crippen LogP contribution in [-0.2, 0) is 6.54 Å². The van der Waals surface area contributed by atoms with E-state index in [2.05, 4.69) is 9.97 Å². The first-order valence-corrected chi connectivity index (χ1v) is 9.71. The lowest BCUT2D eigenvalue weighted by Gasteiger charge is -2.20. The number of amides is 1. The summed E-state index contributed by atoms with van der Waals surface area (Å²) in [6.07, 6.45) is 1.70. The van der Waals surface area contributed by atoms with Gasteiger partial charge in [0, 0.05) is 21.8 Å². The lowest BCUT2D eigenvalue weighted by atomic mass is 10.2. The highest BCUT2D eigenvalue weighted by Crippen LogP contribution is 2.31. The zero-order valence-electron chi connectivity index (χ0n) is 14.0. The first kappa shape index (κ1) is 17.9. The molecule has 0 saturated heterocycles. The van der Waals surface area contributed by atoms with Crippen LogP contribution in [0.15, 0.2) is 66.9 Å². The summed E-state index contributed by atoms with van der Waals surface area (Å²) in [5.74, 6) is -0.232. The van der Waals surface area contributed by atoms with Crippen LogP contribution in [-0.4, -0.2) is 15.9 Å². The van der Waals surface area contributed by atoms with E-state index in [1.807, 2.05) is 42.5 Å². The van der Waals surface area contributed by atoms with Crippen LogP contribution < -0.4 is 4.90 Å². The Morgan fingerprint density at radius 2 is 1.74 bits per heavy atom. The molecule has 0 N–H and O–H groups in total. The number of nitrogens with zero attached hydrogens (tertiary/aromatic N) is 3. The van der Waals surface area contributed by atoms with Crippen molar-refractivity contribution in [3.05, 3.63) is 88.2 Å². The quantitative estimate of drug-likeness (QED) is 0.421. The van der Waals surface area contributed by atoms with Crippen molar-refractivity contribution in [2.75, 3.05) is 4.90 Å². The number of fused-ring (bicyclic) bond motifs is 1. The number of carbonyl (C=O) groups excluding carboxylic acids is 1. The van der Waals surface area contributed by atoms with Gasteiger partial charge in [0.1, 0.15) is 0 Å². The molecule has 0 spiro atoms. The van der Waals surface area contributed by atoms with Gasteiger partial charge in [-0.05, 0) is 42.5 Å². The number of pyridine rings is 1. The highest BCUT2D eigenvalue weighted by molar-refractivity contribution is 7.22. The predicted molar refractivity (Wildman–Crippen MR) is 111 cm³/mol. The molecule has 0 saturated carbocycles. The number of benzene rings is 2. The van der Waals surface area contributed by atoms with Crippen LogP contribution in [0.25, 0.3) is 10.2 Å². The molecular formula is C20H13Cl2N3OS. The summed E-state index contributed by atoms with van der Waals surface area (Å²) < 4.78 is 1.01. The van der Waals surface area contributed by atoms with Crippen molar-refractivity contribution in [1.29, 1.82) is 0 Å². The van der Waals surface area contributed by atoms with Gasteiger partial charge in [0.2, 0.25) is 0 Å². The third-order valence-electron chi connectivity index (χ3n) is 3.91. The fraction of sp³-hybridized carbons (Fsp3) is 0.0500. The van der Waals surface area contributed by atoms with Gasteiger partial charge in [-0.2, -0.15) is 0 Å². The molecule has 2 heterocycles. The average Bonchev–Trinajstić information content (AvgIpc) is 3.09. The monoisotopic (exact) mass is 413 g/mol. The van der Waals surface area contributed by atoms with Crippen molar-refractivity contribution in [1.82, 2.24) is 9.97 Å². The third-order valence-corrected chi connectivity index (χ3v) is 5.41.